The molecule has 2 rings (SSSR count). The lowest BCUT2D eigenvalue weighted by molar-refractivity contribution is 0.101. The highest BCUT2D eigenvalue weighted by atomic mass is 35.5. The minimum Gasteiger partial charge on any atom is -0.321 e. The molecule has 0 saturated carbocycles. The van der Waals surface area contributed by atoms with Gasteiger partial charge >= 0.3 is 0 Å². The maximum absolute atomic E-state index is 11.8. The van der Waals surface area contributed by atoms with Crippen molar-refractivity contribution in [1.29, 1.82) is 0 Å². The van der Waals surface area contributed by atoms with Crippen LogP contribution in [-0.2, 0) is 0 Å². The smallest absolute Gasteiger partial charge is 0.265 e. The standard InChI is InChI=1S/C13H10ClNO2S/c1-8(16)9-2-4-11(5-3-9)15-13(17)12-6-10(14)7-18-12/h2-7H,1H3,(H,15,17). The van der Waals surface area contributed by atoms with Gasteiger partial charge in [0.15, 0.2) is 5.78 Å². The molecule has 0 bridgehead atoms. The lowest BCUT2D eigenvalue weighted by Crippen LogP contribution is -2.10. The van der Waals surface area contributed by atoms with Crippen LogP contribution in [0.3, 0.4) is 0 Å². The van der Waals surface area contributed by atoms with Crippen LogP contribution in [0.1, 0.15) is 27.0 Å². The Labute approximate surface area is 113 Å². The summed E-state index contributed by atoms with van der Waals surface area (Å²) in [6.07, 6.45) is 0. The first-order valence-corrected chi connectivity index (χ1v) is 6.48. The predicted molar refractivity (Wildman–Crippen MR) is 73.7 cm³/mol. The lowest BCUT2D eigenvalue weighted by atomic mass is 10.1. The number of rotatable bonds is 3. The van der Waals surface area contributed by atoms with Crippen molar-refractivity contribution in [3.05, 3.63) is 51.2 Å². The molecule has 0 fully saturated rings. The van der Waals surface area contributed by atoms with Gasteiger partial charge in [0.2, 0.25) is 0 Å². The molecule has 18 heavy (non-hydrogen) atoms. The number of hydrogen-bond donors (Lipinski definition) is 1. The summed E-state index contributed by atoms with van der Waals surface area (Å²) in [7, 11) is 0. The van der Waals surface area contributed by atoms with Crippen molar-refractivity contribution in [1.82, 2.24) is 0 Å². The number of ketones is 1. The molecule has 0 atom stereocenters. The third kappa shape index (κ3) is 2.97. The molecule has 0 spiro atoms. The highest BCUT2D eigenvalue weighted by Crippen LogP contribution is 2.20. The van der Waals surface area contributed by atoms with Gasteiger partial charge in [-0.15, -0.1) is 11.3 Å². The van der Waals surface area contributed by atoms with Crippen LogP contribution in [0.15, 0.2) is 35.7 Å². The summed E-state index contributed by atoms with van der Waals surface area (Å²) in [5, 5.41) is 5.00. The number of amides is 1. The fraction of sp³-hybridized carbons (Fsp3) is 0.0769. The first-order valence-electron chi connectivity index (χ1n) is 5.22. The molecule has 2 aromatic rings. The van der Waals surface area contributed by atoms with Gasteiger partial charge in [0.1, 0.15) is 0 Å². The van der Waals surface area contributed by atoms with E-state index in [-0.39, 0.29) is 11.7 Å². The van der Waals surface area contributed by atoms with E-state index in [0.29, 0.717) is 21.2 Å². The van der Waals surface area contributed by atoms with Gasteiger partial charge in [-0.3, -0.25) is 9.59 Å². The highest BCUT2D eigenvalue weighted by Gasteiger charge is 2.09. The van der Waals surface area contributed by atoms with E-state index >= 15 is 0 Å². The van der Waals surface area contributed by atoms with Gasteiger partial charge in [0.05, 0.1) is 9.90 Å². The fourth-order valence-corrected chi connectivity index (χ4v) is 2.38. The molecule has 1 heterocycles. The lowest BCUT2D eigenvalue weighted by Gasteiger charge is -2.03. The van der Waals surface area contributed by atoms with Crippen molar-refractivity contribution < 1.29 is 9.59 Å². The Balaban J connectivity index is 2.10. The van der Waals surface area contributed by atoms with Crippen LogP contribution >= 0.6 is 22.9 Å². The number of halogens is 1. The average molecular weight is 280 g/mol. The van der Waals surface area contributed by atoms with Gasteiger partial charge in [-0.05, 0) is 37.3 Å². The monoisotopic (exact) mass is 279 g/mol. The molecule has 0 aliphatic rings. The first-order chi connectivity index (χ1) is 8.56. The van der Waals surface area contributed by atoms with E-state index in [2.05, 4.69) is 5.32 Å². The van der Waals surface area contributed by atoms with Crippen LogP contribution < -0.4 is 5.32 Å². The molecule has 1 amide bonds. The van der Waals surface area contributed by atoms with Crippen molar-refractivity contribution in [2.75, 3.05) is 5.32 Å². The van der Waals surface area contributed by atoms with Crippen molar-refractivity contribution >= 4 is 40.3 Å². The first kappa shape index (κ1) is 12.8. The fourth-order valence-electron chi connectivity index (χ4n) is 1.41. The van der Waals surface area contributed by atoms with Crippen LogP contribution in [0, 0.1) is 0 Å². The third-order valence-electron chi connectivity index (χ3n) is 2.34. The maximum atomic E-state index is 11.8. The minimum absolute atomic E-state index is 0.00193. The van der Waals surface area contributed by atoms with Crippen LogP contribution in [0.5, 0.6) is 0 Å². The Morgan fingerprint density at radius 2 is 1.89 bits per heavy atom. The van der Waals surface area contributed by atoms with Gasteiger partial charge in [-0.25, -0.2) is 0 Å². The molecule has 0 radical (unpaired) electrons. The molecule has 1 aromatic carbocycles. The van der Waals surface area contributed by atoms with Crippen LogP contribution in [0.25, 0.3) is 0 Å². The van der Waals surface area contributed by atoms with Gasteiger partial charge in [0, 0.05) is 16.6 Å². The SMILES string of the molecule is CC(=O)c1ccc(NC(=O)c2cc(Cl)cs2)cc1. The second-order valence-corrected chi connectivity index (χ2v) is 5.06. The van der Waals surface area contributed by atoms with Crippen LogP contribution in [0.4, 0.5) is 5.69 Å². The van der Waals surface area contributed by atoms with E-state index in [1.807, 2.05) is 0 Å². The van der Waals surface area contributed by atoms with Gasteiger partial charge < -0.3 is 5.32 Å². The quantitative estimate of drug-likeness (QED) is 0.867. The Hall–Kier alpha value is -1.65. The predicted octanol–water partition coefficient (Wildman–Crippen LogP) is 3.86. The molecule has 92 valence electrons. The van der Waals surface area contributed by atoms with Crippen LogP contribution in [-0.4, -0.2) is 11.7 Å². The molecule has 0 aliphatic carbocycles. The molecule has 0 aliphatic heterocycles. The molecule has 0 saturated heterocycles. The van der Waals surface area contributed by atoms with Gasteiger partial charge in [0.25, 0.3) is 5.91 Å². The summed E-state index contributed by atoms with van der Waals surface area (Å²) in [6, 6.07) is 8.37. The average Bonchev–Trinajstić information content (AvgIpc) is 2.76. The summed E-state index contributed by atoms with van der Waals surface area (Å²) in [4.78, 5) is 23.5. The summed E-state index contributed by atoms with van der Waals surface area (Å²) >= 11 is 7.04. The Kier molecular flexibility index (Phi) is 3.79. The summed E-state index contributed by atoms with van der Waals surface area (Å²) < 4.78 is 0. The summed E-state index contributed by atoms with van der Waals surface area (Å²) in [6.45, 7) is 1.50. The molecule has 0 unspecified atom stereocenters. The van der Waals surface area contributed by atoms with Crippen molar-refractivity contribution in [2.24, 2.45) is 0 Å². The van der Waals surface area contributed by atoms with E-state index in [1.54, 1.807) is 35.7 Å². The topological polar surface area (TPSA) is 46.2 Å². The second kappa shape index (κ2) is 5.33. The zero-order chi connectivity index (χ0) is 13.1. The number of hydrogen-bond acceptors (Lipinski definition) is 3. The van der Waals surface area contributed by atoms with Crippen molar-refractivity contribution in [3.8, 4) is 0 Å². The van der Waals surface area contributed by atoms with Gasteiger partial charge in [-0.2, -0.15) is 0 Å². The zero-order valence-corrected chi connectivity index (χ0v) is 11.1. The number of carbonyl (C=O) groups is 2. The second-order valence-electron chi connectivity index (χ2n) is 3.72. The van der Waals surface area contributed by atoms with Gasteiger partial charge in [-0.1, -0.05) is 11.6 Å². The number of carbonyl (C=O) groups excluding carboxylic acids is 2. The third-order valence-corrected chi connectivity index (χ3v) is 3.62. The molecular weight excluding hydrogens is 270 g/mol. The summed E-state index contributed by atoms with van der Waals surface area (Å²) in [5.41, 5.74) is 1.27. The van der Waals surface area contributed by atoms with E-state index in [0.717, 1.165) is 0 Å². The normalized spacial score (nSPS) is 10.1. The van der Waals surface area contributed by atoms with E-state index < -0.39 is 0 Å². The Morgan fingerprint density at radius 1 is 1.22 bits per heavy atom. The van der Waals surface area contributed by atoms with Crippen LogP contribution in [0.2, 0.25) is 5.02 Å². The largest absolute Gasteiger partial charge is 0.321 e. The number of nitrogens with one attached hydrogen (secondary N) is 1. The molecule has 3 nitrogen and oxygen atoms in total. The Bertz CT molecular complexity index is 589. The van der Waals surface area contributed by atoms with E-state index in [9.17, 15) is 9.59 Å². The number of thiophene rings is 1. The summed E-state index contributed by atoms with van der Waals surface area (Å²) in [5.74, 6) is -0.208. The number of anilines is 1. The zero-order valence-electron chi connectivity index (χ0n) is 9.57. The minimum atomic E-state index is -0.206. The molecule has 1 aromatic heterocycles. The highest BCUT2D eigenvalue weighted by molar-refractivity contribution is 7.12. The number of Topliss-reactive ketones (excluding diaryl/α,β-unsaturated/α-hetero) is 1. The van der Waals surface area contributed by atoms with E-state index in [4.69, 9.17) is 11.6 Å². The van der Waals surface area contributed by atoms with E-state index in [1.165, 1.54) is 18.3 Å². The van der Waals surface area contributed by atoms with Crippen molar-refractivity contribution in [3.63, 3.8) is 0 Å². The maximum Gasteiger partial charge on any atom is 0.265 e. The molecular formula is C13H10ClNO2S. The molecule has 1 N–H and O–H groups in total. The van der Waals surface area contributed by atoms with Crippen molar-refractivity contribution in [2.45, 2.75) is 6.92 Å². The molecule has 5 heteroatoms. The Morgan fingerprint density at radius 3 is 2.39 bits per heavy atom. The number of benzene rings is 1.